The molecule has 0 saturated heterocycles. The van der Waals surface area contributed by atoms with Gasteiger partial charge in [0.2, 0.25) is 0 Å². The zero-order valence-electron chi connectivity index (χ0n) is 12.5. The molecular formula is C18H15ClO3S. The van der Waals surface area contributed by atoms with Crippen molar-refractivity contribution in [3.8, 4) is 17.6 Å². The second-order valence-corrected chi connectivity index (χ2v) is 6.15. The number of carboxylic acids is 1. The van der Waals surface area contributed by atoms with E-state index in [0.29, 0.717) is 16.5 Å². The van der Waals surface area contributed by atoms with Crippen molar-refractivity contribution >= 4 is 29.3 Å². The lowest BCUT2D eigenvalue weighted by Crippen LogP contribution is -2.22. The maximum Gasteiger partial charge on any atom is 0.344 e. The van der Waals surface area contributed by atoms with Gasteiger partial charge in [-0.15, -0.1) is 11.8 Å². The number of ether oxygens (including phenoxy) is 1. The number of rotatable bonds is 5. The Balaban J connectivity index is 1.85. The van der Waals surface area contributed by atoms with Gasteiger partial charge in [-0.1, -0.05) is 23.4 Å². The number of aliphatic carboxylic acids is 1. The van der Waals surface area contributed by atoms with Crippen molar-refractivity contribution < 1.29 is 14.6 Å². The molecule has 118 valence electrons. The summed E-state index contributed by atoms with van der Waals surface area (Å²) in [7, 11) is 0. The first-order valence-corrected chi connectivity index (χ1v) is 8.28. The molecule has 0 amide bonds. The summed E-state index contributed by atoms with van der Waals surface area (Å²) in [5, 5.41) is 9.50. The highest BCUT2D eigenvalue weighted by molar-refractivity contribution is 7.99. The molecule has 0 aliphatic carbocycles. The van der Waals surface area contributed by atoms with Crippen LogP contribution in [0, 0.1) is 11.8 Å². The predicted molar refractivity (Wildman–Crippen MR) is 93.2 cm³/mol. The van der Waals surface area contributed by atoms with Gasteiger partial charge in [-0.3, -0.25) is 0 Å². The fourth-order valence-corrected chi connectivity index (χ4v) is 2.43. The maximum absolute atomic E-state index is 10.7. The van der Waals surface area contributed by atoms with E-state index < -0.39 is 12.1 Å². The summed E-state index contributed by atoms with van der Waals surface area (Å²) in [6.45, 7) is 1.50. The van der Waals surface area contributed by atoms with Crippen LogP contribution in [0.4, 0.5) is 0 Å². The van der Waals surface area contributed by atoms with Gasteiger partial charge in [-0.05, 0) is 55.5 Å². The summed E-state index contributed by atoms with van der Waals surface area (Å²) in [4.78, 5) is 11.8. The first kappa shape index (κ1) is 17.3. The van der Waals surface area contributed by atoms with Crippen LogP contribution in [0.1, 0.15) is 12.5 Å². The van der Waals surface area contributed by atoms with Crippen molar-refractivity contribution in [1.82, 2.24) is 0 Å². The van der Waals surface area contributed by atoms with E-state index in [1.54, 1.807) is 23.9 Å². The normalized spacial score (nSPS) is 11.2. The highest BCUT2D eigenvalue weighted by atomic mass is 35.5. The van der Waals surface area contributed by atoms with E-state index in [2.05, 4.69) is 11.8 Å². The van der Waals surface area contributed by atoms with Crippen LogP contribution in [-0.2, 0) is 4.79 Å². The number of hydrogen-bond acceptors (Lipinski definition) is 3. The third-order valence-electron chi connectivity index (χ3n) is 2.87. The molecule has 0 bridgehead atoms. The van der Waals surface area contributed by atoms with E-state index in [1.807, 2.05) is 36.4 Å². The Morgan fingerprint density at radius 3 is 2.48 bits per heavy atom. The number of hydrogen-bond donors (Lipinski definition) is 1. The van der Waals surface area contributed by atoms with Crippen LogP contribution in [-0.4, -0.2) is 22.9 Å². The number of carbonyl (C=O) groups is 1. The molecule has 0 aliphatic heterocycles. The molecular weight excluding hydrogens is 332 g/mol. The zero-order chi connectivity index (χ0) is 16.7. The van der Waals surface area contributed by atoms with Crippen molar-refractivity contribution in [1.29, 1.82) is 0 Å². The van der Waals surface area contributed by atoms with E-state index in [9.17, 15) is 4.79 Å². The number of halogens is 1. The average molecular weight is 347 g/mol. The Hall–Kier alpha value is -2.09. The van der Waals surface area contributed by atoms with Crippen LogP contribution in [0.15, 0.2) is 53.4 Å². The number of benzene rings is 2. The molecule has 5 heteroatoms. The smallest absolute Gasteiger partial charge is 0.344 e. The summed E-state index contributed by atoms with van der Waals surface area (Å²) in [6, 6.07) is 14.7. The molecule has 1 N–H and O–H groups in total. The molecule has 2 aromatic carbocycles. The van der Waals surface area contributed by atoms with Gasteiger partial charge in [0, 0.05) is 15.5 Å². The van der Waals surface area contributed by atoms with Crippen molar-refractivity contribution in [3.63, 3.8) is 0 Å². The number of carboxylic acid groups (broad SMARTS) is 1. The van der Waals surface area contributed by atoms with Gasteiger partial charge in [0.1, 0.15) is 5.75 Å². The van der Waals surface area contributed by atoms with Gasteiger partial charge in [-0.25, -0.2) is 4.79 Å². The monoisotopic (exact) mass is 346 g/mol. The molecule has 2 aromatic rings. The molecule has 0 radical (unpaired) electrons. The molecule has 0 spiro atoms. The van der Waals surface area contributed by atoms with Crippen molar-refractivity contribution in [3.05, 3.63) is 59.1 Å². The van der Waals surface area contributed by atoms with Gasteiger partial charge in [0.15, 0.2) is 6.10 Å². The van der Waals surface area contributed by atoms with Gasteiger partial charge in [-0.2, -0.15) is 0 Å². The van der Waals surface area contributed by atoms with Gasteiger partial charge in [0.25, 0.3) is 0 Å². The molecule has 23 heavy (non-hydrogen) atoms. The summed E-state index contributed by atoms with van der Waals surface area (Å²) in [6.07, 6.45) is -0.862. The Bertz CT molecular complexity index is 715. The molecule has 0 saturated carbocycles. The Labute approximate surface area is 144 Å². The Kier molecular flexibility index (Phi) is 6.40. The van der Waals surface area contributed by atoms with Crippen LogP contribution in [0.25, 0.3) is 0 Å². The largest absolute Gasteiger partial charge is 0.479 e. The van der Waals surface area contributed by atoms with Gasteiger partial charge < -0.3 is 9.84 Å². The SMILES string of the molecule is CC(Oc1ccc(SCC#Cc2ccc(Cl)cc2)cc1)C(=O)O. The highest BCUT2D eigenvalue weighted by Gasteiger charge is 2.11. The van der Waals surface area contributed by atoms with Crippen molar-refractivity contribution in [2.75, 3.05) is 5.75 Å². The van der Waals surface area contributed by atoms with Crippen LogP contribution in [0.2, 0.25) is 5.02 Å². The zero-order valence-corrected chi connectivity index (χ0v) is 14.0. The average Bonchev–Trinajstić information content (AvgIpc) is 2.54. The molecule has 0 heterocycles. The third-order valence-corrected chi connectivity index (χ3v) is 4.02. The lowest BCUT2D eigenvalue weighted by atomic mass is 10.2. The molecule has 1 atom stereocenters. The lowest BCUT2D eigenvalue weighted by molar-refractivity contribution is -0.144. The predicted octanol–water partition coefficient (Wildman–Crippen LogP) is 4.34. The quantitative estimate of drug-likeness (QED) is 0.646. The van der Waals surface area contributed by atoms with E-state index in [0.717, 1.165) is 10.5 Å². The first-order valence-electron chi connectivity index (χ1n) is 6.91. The molecule has 2 rings (SSSR count). The van der Waals surface area contributed by atoms with Crippen LogP contribution < -0.4 is 4.74 Å². The standard InChI is InChI=1S/C18H15ClO3S/c1-13(18(20)21)22-16-8-10-17(11-9-16)23-12-2-3-14-4-6-15(19)7-5-14/h4-11,13H,12H2,1H3,(H,20,21). The Morgan fingerprint density at radius 1 is 1.22 bits per heavy atom. The minimum Gasteiger partial charge on any atom is -0.479 e. The fourth-order valence-electron chi connectivity index (χ4n) is 1.66. The Morgan fingerprint density at radius 2 is 1.87 bits per heavy atom. The topological polar surface area (TPSA) is 46.5 Å². The second-order valence-electron chi connectivity index (χ2n) is 4.67. The second kappa shape index (κ2) is 8.52. The van der Waals surface area contributed by atoms with E-state index in [1.165, 1.54) is 6.92 Å². The van der Waals surface area contributed by atoms with Crippen molar-refractivity contribution in [2.45, 2.75) is 17.9 Å². The third kappa shape index (κ3) is 5.90. The van der Waals surface area contributed by atoms with Gasteiger partial charge >= 0.3 is 5.97 Å². The fraction of sp³-hybridized carbons (Fsp3) is 0.167. The lowest BCUT2D eigenvalue weighted by Gasteiger charge is -2.10. The van der Waals surface area contributed by atoms with E-state index in [-0.39, 0.29) is 0 Å². The van der Waals surface area contributed by atoms with Gasteiger partial charge in [0.05, 0.1) is 5.75 Å². The molecule has 0 aromatic heterocycles. The molecule has 0 aliphatic rings. The van der Waals surface area contributed by atoms with Crippen LogP contribution in [0.5, 0.6) is 5.75 Å². The molecule has 1 unspecified atom stereocenters. The summed E-state index contributed by atoms with van der Waals surface area (Å²) in [5.74, 6) is 6.38. The van der Waals surface area contributed by atoms with Crippen LogP contribution in [0.3, 0.4) is 0 Å². The summed E-state index contributed by atoms with van der Waals surface area (Å²) < 4.78 is 5.28. The minimum absolute atomic E-state index is 0.538. The molecule has 0 fully saturated rings. The van der Waals surface area contributed by atoms with Crippen LogP contribution >= 0.6 is 23.4 Å². The maximum atomic E-state index is 10.7. The number of thioether (sulfide) groups is 1. The first-order chi connectivity index (χ1) is 11.0. The van der Waals surface area contributed by atoms with E-state index in [4.69, 9.17) is 21.4 Å². The highest BCUT2D eigenvalue weighted by Crippen LogP contribution is 2.21. The summed E-state index contributed by atoms with van der Waals surface area (Å²) >= 11 is 7.42. The minimum atomic E-state index is -0.985. The molecule has 3 nitrogen and oxygen atoms in total. The van der Waals surface area contributed by atoms with E-state index >= 15 is 0 Å². The summed E-state index contributed by atoms with van der Waals surface area (Å²) in [5.41, 5.74) is 0.932. The van der Waals surface area contributed by atoms with Crippen molar-refractivity contribution in [2.24, 2.45) is 0 Å².